The first-order valence-corrected chi connectivity index (χ1v) is 22.7. The zero-order valence-electron chi connectivity index (χ0n) is 38.3. The lowest BCUT2D eigenvalue weighted by atomic mass is 9.79. The van der Waals surface area contributed by atoms with Crippen LogP contribution in [0.3, 0.4) is 0 Å². The number of phenolic OH excluding ortho intramolecular Hbond substituents is 8. The van der Waals surface area contributed by atoms with Gasteiger partial charge in [0.1, 0.15) is 21.4 Å². The van der Waals surface area contributed by atoms with Crippen molar-refractivity contribution in [3.8, 4) is 102 Å². The molecule has 12 heteroatoms. The average Bonchev–Trinajstić information content (AvgIpc) is 3.43. The van der Waals surface area contributed by atoms with Crippen molar-refractivity contribution in [1.29, 1.82) is 0 Å². The van der Waals surface area contributed by atoms with Crippen LogP contribution in [0.2, 0.25) is 0 Å². The Morgan fingerprint density at radius 2 is 0.444 bits per heavy atom. The summed E-state index contributed by atoms with van der Waals surface area (Å²) in [5, 5.41) is 83.5. The van der Waals surface area contributed by atoms with E-state index in [0.29, 0.717) is 5.56 Å². The Morgan fingerprint density at radius 1 is 0.208 bits per heavy atom. The molecule has 0 heterocycles. The largest absolute Gasteiger partial charge is 0.509 e. The molecule has 0 bridgehead atoms. The van der Waals surface area contributed by atoms with Gasteiger partial charge in [-0.2, -0.15) is 0 Å². The molecule has 0 aliphatic rings. The molecular formula is C60H42B2N2O8. The van der Waals surface area contributed by atoms with Gasteiger partial charge in [0.05, 0.1) is 5.56 Å². The zero-order valence-corrected chi connectivity index (χ0v) is 38.3. The van der Waals surface area contributed by atoms with Gasteiger partial charge in [-0.15, -0.1) is 0 Å². The lowest BCUT2D eigenvalue weighted by molar-refractivity contribution is 0.330. The summed E-state index contributed by atoms with van der Waals surface area (Å²) in [5.41, 5.74) is 11.1. The van der Waals surface area contributed by atoms with E-state index < -0.39 is 51.5 Å². The van der Waals surface area contributed by atoms with Crippen molar-refractivity contribution in [2.24, 2.45) is 0 Å². The van der Waals surface area contributed by atoms with Gasteiger partial charge in [0.2, 0.25) is 17.2 Å². The van der Waals surface area contributed by atoms with Gasteiger partial charge in [0, 0.05) is 39.7 Å². The van der Waals surface area contributed by atoms with Crippen LogP contribution in [0.4, 0.5) is 34.1 Å². The van der Waals surface area contributed by atoms with Crippen LogP contribution in [0.1, 0.15) is 0 Å². The number of anilines is 6. The van der Waals surface area contributed by atoms with Crippen molar-refractivity contribution in [2.75, 3.05) is 9.80 Å². The highest BCUT2D eigenvalue weighted by Crippen LogP contribution is 2.55. The van der Waals surface area contributed by atoms with Gasteiger partial charge in [-0.25, -0.2) is 0 Å². The molecule has 0 amide bonds. The number of hydrogen-bond donors (Lipinski definition) is 8. The van der Waals surface area contributed by atoms with Crippen molar-refractivity contribution >= 4 is 60.7 Å². The molecule has 10 aromatic carbocycles. The number of rotatable bonds is 11. The van der Waals surface area contributed by atoms with E-state index in [1.54, 1.807) is 36.4 Å². The van der Waals surface area contributed by atoms with Gasteiger partial charge in [0.15, 0.2) is 23.0 Å². The molecule has 0 aromatic heterocycles. The summed E-state index contributed by atoms with van der Waals surface area (Å²) in [6, 6.07) is 66.9. The van der Waals surface area contributed by atoms with Gasteiger partial charge in [-0.05, 0) is 128 Å². The third-order valence-corrected chi connectivity index (χ3v) is 12.7. The summed E-state index contributed by atoms with van der Waals surface area (Å²) >= 11 is 0. The molecule has 4 radical (unpaired) electrons. The topological polar surface area (TPSA) is 168 Å². The van der Waals surface area contributed by atoms with Crippen molar-refractivity contribution < 1.29 is 40.9 Å². The highest BCUT2D eigenvalue weighted by molar-refractivity contribution is 6.45. The summed E-state index contributed by atoms with van der Waals surface area (Å²) in [6.07, 6.45) is 0. The van der Waals surface area contributed by atoms with Gasteiger partial charge in [-0.3, -0.25) is 0 Å². The molecule has 10 aromatic rings. The molecule has 0 aliphatic heterocycles. The van der Waals surface area contributed by atoms with Crippen LogP contribution < -0.4 is 20.7 Å². The Hall–Kier alpha value is -9.67. The maximum Gasteiger partial charge on any atom is 0.208 e. The van der Waals surface area contributed by atoms with Crippen molar-refractivity contribution in [2.45, 2.75) is 0 Å². The number of hydrogen-bond acceptors (Lipinski definition) is 10. The summed E-state index contributed by atoms with van der Waals surface area (Å²) in [5.74, 6) is -6.19. The maximum absolute atomic E-state index is 10.8. The molecule has 346 valence electrons. The van der Waals surface area contributed by atoms with E-state index in [0.717, 1.165) is 67.5 Å². The van der Waals surface area contributed by atoms with E-state index in [4.69, 9.17) is 15.7 Å². The molecule has 0 aliphatic carbocycles. The lowest BCUT2D eigenvalue weighted by Gasteiger charge is -2.27. The predicted molar refractivity (Wildman–Crippen MR) is 287 cm³/mol. The highest BCUT2D eigenvalue weighted by atomic mass is 16.4. The minimum Gasteiger partial charge on any atom is -0.509 e. The van der Waals surface area contributed by atoms with E-state index in [1.165, 1.54) is 0 Å². The molecule has 0 saturated carbocycles. The van der Waals surface area contributed by atoms with Crippen LogP contribution >= 0.6 is 0 Å². The number of phenols is 8. The average molecular weight is 941 g/mol. The van der Waals surface area contributed by atoms with Gasteiger partial charge in [0.25, 0.3) is 0 Å². The van der Waals surface area contributed by atoms with E-state index in [2.05, 4.69) is 34.1 Å². The fraction of sp³-hybridized carbons (Fsp3) is 0. The minimum atomic E-state index is -1.03. The van der Waals surface area contributed by atoms with E-state index in [1.807, 2.05) is 146 Å². The number of nitrogens with zero attached hydrogens (tertiary/aromatic N) is 2. The highest BCUT2D eigenvalue weighted by Gasteiger charge is 2.25. The Labute approximate surface area is 417 Å². The second-order valence-corrected chi connectivity index (χ2v) is 17.1. The van der Waals surface area contributed by atoms with Crippen LogP contribution in [0, 0.1) is 0 Å². The summed E-state index contributed by atoms with van der Waals surface area (Å²) in [7, 11) is 11.9. The zero-order chi connectivity index (χ0) is 50.2. The third kappa shape index (κ3) is 8.47. The minimum absolute atomic E-state index is 0.0542. The molecule has 8 N–H and O–H groups in total. The summed E-state index contributed by atoms with van der Waals surface area (Å²) in [4.78, 5) is 4.14. The number of aromatic hydroxyl groups is 8. The van der Waals surface area contributed by atoms with Crippen LogP contribution in [-0.4, -0.2) is 56.5 Å². The second kappa shape index (κ2) is 19.0. The molecule has 0 saturated heterocycles. The fourth-order valence-corrected chi connectivity index (χ4v) is 8.92. The van der Waals surface area contributed by atoms with E-state index in [9.17, 15) is 40.9 Å². The smallest absolute Gasteiger partial charge is 0.208 e. The summed E-state index contributed by atoms with van der Waals surface area (Å²) < 4.78 is 0. The molecule has 0 unspecified atom stereocenters. The predicted octanol–water partition coefficient (Wildman–Crippen LogP) is 12.2. The van der Waals surface area contributed by atoms with Gasteiger partial charge >= 0.3 is 0 Å². The fourth-order valence-electron chi connectivity index (χ4n) is 8.92. The van der Waals surface area contributed by atoms with E-state index >= 15 is 0 Å². The molecule has 0 spiro atoms. The number of benzene rings is 10. The quantitative estimate of drug-likeness (QED) is 0.0355. The Balaban J connectivity index is 0.986. The van der Waals surface area contributed by atoms with Gasteiger partial charge in [-0.1, -0.05) is 133 Å². The van der Waals surface area contributed by atoms with E-state index in [-0.39, 0.29) is 22.2 Å². The van der Waals surface area contributed by atoms with Crippen LogP contribution in [0.25, 0.3) is 55.6 Å². The van der Waals surface area contributed by atoms with Crippen LogP contribution in [0.15, 0.2) is 206 Å². The first-order chi connectivity index (χ1) is 34.9. The molecule has 72 heavy (non-hydrogen) atoms. The first-order valence-electron chi connectivity index (χ1n) is 22.7. The summed E-state index contributed by atoms with van der Waals surface area (Å²) in [6.45, 7) is 0. The van der Waals surface area contributed by atoms with Crippen molar-refractivity contribution in [1.82, 2.24) is 0 Å². The second-order valence-electron chi connectivity index (χ2n) is 17.1. The Kier molecular flexibility index (Phi) is 12.2. The normalized spacial score (nSPS) is 11.1. The van der Waals surface area contributed by atoms with Crippen LogP contribution in [-0.2, 0) is 0 Å². The molecule has 0 fully saturated rings. The maximum atomic E-state index is 10.8. The van der Waals surface area contributed by atoms with Crippen molar-refractivity contribution in [3.63, 3.8) is 0 Å². The molecule has 10 rings (SSSR count). The third-order valence-electron chi connectivity index (χ3n) is 12.7. The Bertz CT molecular complexity index is 3280. The monoisotopic (exact) mass is 940 g/mol. The first kappa shape index (κ1) is 46.1. The molecule has 10 nitrogen and oxygen atoms in total. The molecule has 0 atom stereocenters. The standard InChI is InChI=1S/C60H42B2N2O8/c61-51-49(53(65)57(69)52(62)56(51)68)41-19-31-47(32-20-41)63(43-23-11-37(12-24-43)35-7-3-1-4-8-35)45-27-15-39(16-28-45)40-17-29-46(30-18-40)64(44-25-13-38(14-26-44)36-9-5-2-6-10-36)48-33-21-42(22-34-48)50-54(66)58(70)60(72)59(71)55(50)67/h1-34,65-72H. The van der Waals surface area contributed by atoms with Crippen LogP contribution in [0.5, 0.6) is 46.0 Å². The molecular weight excluding hydrogens is 898 g/mol. The Morgan fingerprint density at radius 3 is 0.750 bits per heavy atom. The van der Waals surface area contributed by atoms with Gasteiger partial charge < -0.3 is 50.7 Å². The SMILES string of the molecule is [B]c1c(O)c([B])c(-c2ccc(N(c3ccc(-c4ccccc4)cc3)c3ccc(-c4ccc(N(c5ccc(-c6ccccc6)cc5)c5ccc(-c6c(O)c(O)c(O)c(O)c6O)cc5)cc4)cc3)cc2)c(O)c1O. The lowest BCUT2D eigenvalue weighted by Crippen LogP contribution is -2.18. The van der Waals surface area contributed by atoms with Crippen molar-refractivity contribution in [3.05, 3.63) is 206 Å².